The lowest BCUT2D eigenvalue weighted by atomic mass is 9.90. The first kappa shape index (κ1) is 11.9. The number of carbonyl (C=O) groups excluding carboxylic acids is 1. The first-order chi connectivity index (χ1) is 7.86. The van der Waals surface area contributed by atoms with Gasteiger partial charge in [-0.2, -0.15) is 0 Å². The van der Waals surface area contributed by atoms with Gasteiger partial charge in [0.15, 0.2) is 5.78 Å². The minimum atomic E-state index is 0.384. The van der Waals surface area contributed by atoms with Gasteiger partial charge in [-0.3, -0.25) is 4.79 Å². The highest BCUT2D eigenvalue weighted by Gasteiger charge is 2.23. The van der Waals surface area contributed by atoms with E-state index in [1.54, 1.807) is 0 Å². The molecule has 0 aromatic heterocycles. The fraction of sp³-hybridized carbons (Fsp3) is 0.800. The number of hydrogen-bond donors (Lipinski definition) is 0. The van der Waals surface area contributed by atoms with E-state index in [4.69, 9.17) is 0 Å². The molecule has 0 aromatic rings. The van der Waals surface area contributed by atoms with Gasteiger partial charge in [-0.1, -0.05) is 50.5 Å². The third kappa shape index (κ3) is 3.47. The highest BCUT2D eigenvalue weighted by atomic mass is 16.1. The van der Waals surface area contributed by atoms with Crippen molar-refractivity contribution >= 4 is 5.78 Å². The summed E-state index contributed by atoms with van der Waals surface area (Å²) in [5, 5.41) is 0. The zero-order valence-electron chi connectivity index (χ0n) is 10.3. The van der Waals surface area contributed by atoms with Crippen LogP contribution in [-0.4, -0.2) is 5.78 Å². The first-order valence-corrected chi connectivity index (χ1v) is 7.09. The van der Waals surface area contributed by atoms with Crippen LogP contribution >= 0.6 is 0 Å². The summed E-state index contributed by atoms with van der Waals surface area (Å²) in [6.07, 6.45) is 16.2. The van der Waals surface area contributed by atoms with E-state index in [9.17, 15) is 4.79 Å². The molecular weight excluding hydrogens is 196 g/mol. The van der Waals surface area contributed by atoms with Gasteiger partial charge in [0, 0.05) is 6.42 Å². The van der Waals surface area contributed by atoms with E-state index in [0.29, 0.717) is 11.7 Å². The van der Waals surface area contributed by atoms with Crippen LogP contribution in [-0.2, 0) is 4.79 Å². The molecule has 16 heavy (non-hydrogen) atoms. The Kier molecular flexibility index (Phi) is 4.62. The molecule has 90 valence electrons. The zero-order valence-corrected chi connectivity index (χ0v) is 10.3. The average Bonchev–Trinajstić information content (AvgIpc) is 2.59. The Morgan fingerprint density at radius 1 is 0.875 bits per heavy atom. The molecule has 2 aliphatic carbocycles. The Balaban J connectivity index is 1.88. The van der Waals surface area contributed by atoms with Crippen LogP contribution in [0.3, 0.4) is 0 Å². The van der Waals surface area contributed by atoms with E-state index in [2.05, 4.69) is 0 Å². The van der Waals surface area contributed by atoms with Crippen LogP contribution in [0.4, 0.5) is 0 Å². The Bertz CT molecular complexity index is 265. The smallest absolute Gasteiger partial charge is 0.156 e. The van der Waals surface area contributed by atoms with Gasteiger partial charge in [0.2, 0.25) is 0 Å². The van der Waals surface area contributed by atoms with Crippen LogP contribution in [0.1, 0.15) is 70.6 Å². The van der Waals surface area contributed by atoms with Gasteiger partial charge in [-0.15, -0.1) is 0 Å². The third-order valence-electron chi connectivity index (χ3n) is 4.09. The number of ketones is 1. The van der Waals surface area contributed by atoms with E-state index in [-0.39, 0.29) is 0 Å². The molecule has 0 heterocycles. The summed E-state index contributed by atoms with van der Waals surface area (Å²) in [6, 6.07) is 0. The van der Waals surface area contributed by atoms with Crippen molar-refractivity contribution in [3.05, 3.63) is 11.6 Å². The highest BCUT2D eigenvalue weighted by Crippen LogP contribution is 2.32. The molecule has 0 N–H and O–H groups in total. The van der Waals surface area contributed by atoms with Crippen LogP contribution < -0.4 is 0 Å². The summed E-state index contributed by atoms with van der Waals surface area (Å²) >= 11 is 0. The minimum Gasteiger partial charge on any atom is -0.295 e. The van der Waals surface area contributed by atoms with Crippen molar-refractivity contribution in [3.8, 4) is 0 Å². The monoisotopic (exact) mass is 220 g/mol. The molecule has 1 atom stereocenters. The Morgan fingerprint density at radius 3 is 2.25 bits per heavy atom. The van der Waals surface area contributed by atoms with Gasteiger partial charge in [0.05, 0.1) is 0 Å². The van der Waals surface area contributed by atoms with E-state index >= 15 is 0 Å². The summed E-state index contributed by atoms with van der Waals surface area (Å²) in [5.74, 6) is 1.00. The normalized spacial score (nSPS) is 28.9. The largest absolute Gasteiger partial charge is 0.295 e. The van der Waals surface area contributed by atoms with E-state index in [1.165, 1.54) is 69.8 Å². The van der Waals surface area contributed by atoms with Crippen molar-refractivity contribution in [2.24, 2.45) is 5.92 Å². The zero-order chi connectivity index (χ0) is 11.2. The van der Waals surface area contributed by atoms with Gasteiger partial charge in [-0.25, -0.2) is 0 Å². The number of hydrogen-bond acceptors (Lipinski definition) is 1. The van der Waals surface area contributed by atoms with Gasteiger partial charge in [0.1, 0.15) is 0 Å². The van der Waals surface area contributed by atoms with Crippen molar-refractivity contribution in [2.75, 3.05) is 0 Å². The maximum atomic E-state index is 11.5. The summed E-state index contributed by atoms with van der Waals surface area (Å²) in [4.78, 5) is 11.5. The summed E-state index contributed by atoms with van der Waals surface area (Å²) in [7, 11) is 0. The number of carbonyl (C=O) groups is 1. The predicted molar refractivity (Wildman–Crippen MR) is 67.4 cm³/mol. The van der Waals surface area contributed by atoms with Crippen molar-refractivity contribution < 1.29 is 4.79 Å². The lowest BCUT2D eigenvalue weighted by molar-refractivity contribution is -0.114. The molecule has 0 radical (unpaired) electrons. The van der Waals surface area contributed by atoms with Gasteiger partial charge >= 0.3 is 0 Å². The second kappa shape index (κ2) is 6.22. The van der Waals surface area contributed by atoms with Crippen LogP contribution in [0.15, 0.2) is 11.6 Å². The molecule has 2 aliphatic rings. The van der Waals surface area contributed by atoms with Gasteiger partial charge in [0.25, 0.3) is 0 Å². The molecule has 1 nitrogen and oxygen atoms in total. The maximum absolute atomic E-state index is 11.5. The molecule has 0 spiro atoms. The molecule has 0 aromatic carbocycles. The SMILES string of the molecule is O=C1C=C2CCCCCCCCCCC2C1. The van der Waals surface area contributed by atoms with Crippen molar-refractivity contribution in [1.82, 2.24) is 0 Å². The average molecular weight is 220 g/mol. The van der Waals surface area contributed by atoms with Crippen molar-refractivity contribution in [2.45, 2.75) is 70.6 Å². The second-order valence-corrected chi connectivity index (χ2v) is 5.45. The topological polar surface area (TPSA) is 17.1 Å². The van der Waals surface area contributed by atoms with Crippen LogP contribution in [0.2, 0.25) is 0 Å². The maximum Gasteiger partial charge on any atom is 0.156 e. The van der Waals surface area contributed by atoms with Crippen molar-refractivity contribution in [3.63, 3.8) is 0 Å². The van der Waals surface area contributed by atoms with E-state index < -0.39 is 0 Å². The molecule has 1 unspecified atom stereocenters. The molecule has 1 fully saturated rings. The molecular formula is C15H24O. The standard InChI is InChI=1S/C15H24O/c16-15-11-13-9-7-5-3-1-2-4-6-8-10-14(13)12-15/h11,14H,1-10,12H2. The lowest BCUT2D eigenvalue weighted by Crippen LogP contribution is -2.02. The molecule has 0 saturated heterocycles. The molecule has 0 aliphatic heterocycles. The Hall–Kier alpha value is -0.590. The Morgan fingerprint density at radius 2 is 1.50 bits per heavy atom. The molecule has 1 heteroatoms. The van der Waals surface area contributed by atoms with Crippen LogP contribution in [0.5, 0.6) is 0 Å². The van der Waals surface area contributed by atoms with Gasteiger partial charge < -0.3 is 0 Å². The fourth-order valence-corrected chi connectivity index (χ4v) is 3.10. The lowest BCUT2D eigenvalue weighted by Gasteiger charge is -2.15. The van der Waals surface area contributed by atoms with Gasteiger partial charge in [-0.05, 0) is 31.3 Å². The molecule has 0 amide bonds. The minimum absolute atomic E-state index is 0.384. The Labute approximate surface area is 99.3 Å². The quantitative estimate of drug-likeness (QED) is 0.590. The fourth-order valence-electron chi connectivity index (χ4n) is 3.10. The predicted octanol–water partition coefficient (Wildman–Crippen LogP) is 4.42. The summed E-state index contributed by atoms with van der Waals surface area (Å²) in [5.41, 5.74) is 1.48. The molecule has 0 bridgehead atoms. The number of fused-ring (bicyclic) bond motifs is 1. The van der Waals surface area contributed by atoms with Crippen molar-refractivity contribution in [1.29, 1.82) is 0 Å². The summed E-state index contributed by atoms with van der Waals surface area (Å²) < 4.78 is 0. The van der Waals surface area contributed by atoms with E-state index in [0.717, 1.165) is 6.42 Å². The van der Waals surface area contributed by atoms with Crippen LogP contribution in [0, 0.1) is 5.92 Å². The molecule has 1 saturated carbocycles. The number of rotatable bonds is 0. The highest BCUT2D eigenvalue weighted by molar-refractivity contribution is 5.93. The number of allylic oxidation sites excluding steroid dienone is 2. The third-order valence-corrected chi connectivity index (χ3v) is 4.09. The van der Waals surface area contributed by atoms with Crippen LogP contribution in [0.25, 0.3) is 0 Å². The molecule has 2 rings (SSSR count). The summed E-state index contributed by atoms with van der Waals surface area (Å²) in [6.45, 7) is 0. The first-order valence-electron chi connectivity index (χ1n) is 7.09. The van der Waals surface area contributed by atoms with E-state index in [1.807, 2.05) is 6.08 Å². The second-order valence-electron chi connectivity index (χ2n) is 5.45.